The molecule has 0 aliphatic heterocycles. The molecule has 0 amide bonds. The molecule has 1 aromatic carbocycles. The van der Waals surface area contributed by atoms with E-state index in [4.69, 9.17) is 5.73 Å². The first-order valence-corrected chi connectivity index (χ1v) is 6.88. The van der Waals surface area contributed by atoms with Crippen molar-refractivity contribution in [2.24, 2.45) is 5.73 Å². The minimum Gasteiger partial charge on any atom is -0.330 e. The van der Waals surface area contributed by atoms with E-state index < -0.39 is 0 Å². The maximum Gasteiger partial charge on any atom is 0.00864 e. The molecule has 1 fully saturated rings. The quantitative estimate of drug-likeness (QED) is 0.819. The van der Waals surface area contributed by atoms with E-state index in [0.717, 1.165) is 19.1 Å². The van der Waals surface area contributed by atoms with Crippen LogP contribution in [0.5, 0.6) is 0 Å². The molecule has 3 N–H and O–H groups in total. The fourth-order valence-corrected chi connectivity index (χ4v) is 2.68. The van der Waals surface area contributed by atoms with Crippen molar-refractivity contribution in [3.8, 4) is 0 Å². The fourth-order valence-electron chi connectivity index (χ4n) is 2.68. The number of nitrogens with one attached hydrogen (secondary N) is 1. The summed E-state index contributed by atoms with van der Waals surface area (Å²) in [6, 6.07) is 11.3. The zero-order chi connectivity index (χ0) is 11.9. The van der Waals surface area contributed by atoms with Crippen LogP contribution in [0.15, 0.2) is 30.3 Å². The van der Waals surface area contributed by atoms with Crippen LogP contribution in [0.25, 0.3) is 0 Å². The Balaban J connectivity index is 1.83. The summed E-state index contributed by atoms with van der Waals surface area (Å²) in [5.41, 5.74) is 7.24. The van der Waals surface area contributed by atoms with Gasteiger partial charge in [0.05, 0.1) is 0 Å². The molecule has 1 aromatic rings. The largest absolute Gasteiger partial charge is 0.330 e. The molecule has 1 atom stereocenters. The lowest BCUT2D eigenvalue weighted by Crippen LogP contribution is -2.36. The van der Waals surface area contributed by atoms with Gasteiger partial charge in [-0.1, -0.05) is 49.6 Å². The molecular weight excluding hydrogens is 208 g/mol. The molecule has 1 aliphatic rings. The van der Waals surface area contributed by atoms with Crippen molar-refractivity contribution in [3.05, 3.63) is 35.9 Å². The van der Waals surface area contributed by atoms with Gasteiger partial charge in [0.15, 0.2) is 0 Å². The third-order valence-corrected chi connectivity index (χ3v) is 3.81. The van der Waals surface area contributed by atoms with Crippen molar-refractivity contribution in [2.75, 3.05) is 13.1 Å². The van der Waals surface area contributed by atoms with Crippen LogP contribution in [0.2, 0.25) is 0 Å². The van der Waals surface area contributed by atoms with Gasteiger partial charge in [-0.05, 0) is 18.4 Å². The van der Waals surface area contributed by atoms with E-state index in [1.807, 2.05) is 0 Å². The highest BCUT2D eigenvalue weighted by atomic mass is 14.9. The van der Waals surface area contributed by atoms with Gasteiger partial charge in [0.25, 0.3) is 0 Å². The number of benzene rings is 1. The second-order valence-electron chi connectivity index (χ2n) is 5.09. The summed E-state index contributed by atoms with van der Waals surface area (Å²) in [6.45, 7) is 1.74. The highest BCUT2D eigenvalue weighted by molar-refractivity contribution is 5.20. The Kier molecular flexibility index (Phi) is 5.02. The van der Waals surface area contributed by atoms with Gasteiger partial charge in [-0.3, -0.25) is 0 Å². The summed E-state index contributed by atoms with van der Waals surface area (Å²) in [4.78, 5) is 0. The lowest BCUT2D eigenvalue weighted by Gasteiger charge is -2.25. The Bertz CT molecular complexity index is 304. The molecule has 1 aliphatic carbocycles. The Morgan fingerprint density at radius 1 is 1.12 bits per heavy atom. The van der Waals surface area contributed by atoms with Gasteiger partial charge in [-0.15, -0.1) is 0 Å². The van der Waals surface area contributed by atoms with Crippen molar-refractivity contribution in [2.45, 2.75) is 44.1 Å². The van der Waals surface area contributed by atoms with Crippen molar-refractivity contribution < 1.29 is 0 Å². The number of rotatable bonds is 5. The topological polar surface area (TPSA) is 38.0 Å². The molecule has 2 heteroatoms. The molecule has 0 bridgehead atoms. The molecule has 0 saturated heterocycles. The molecule has 1 unspecified atom stereocenters. The van der Waals surface area contributed by atoms with E-state index in [0.29, 0.717) is 5.92 Å². The Morgan fingerprint density at radius 2 is 1.82 bits per heavy atom. The van der Waals surface area contributed by atoms with Gasteiger partial charge in [-0.2, -0.15) is 0 Å². The highest BCUT2D eigenvalue weighted by Crippen LogP contribution is 2.19. The van der Waals surface area contributed by atoms with Crippen LogP contribution in [-0.4, -0.2) is 19.1 Å². The monoisotopic (exact) mass is 232 g/mol. The fraction of sp³-hybridized carbons (Fsp3) is 0.600. The molecule has 1 saturated carbocycles. The molecule has 17 heavy (non-hydrogen) atoms. The van der Waals surface area contributed by atoms with Crippen molar-refractivity contribution in [1.82, 2.24) is 5.32 Å². The summed E-state index contributed by atoms with van der Waals surface area (Å²) >= 11 is 0. The van der Waals surface area contributed by atoms with Gasteiger partial charge in [0.2, 0.25) is 0 Å². The first-order chi connectivity index (χ1) is 8.40. The SMILES string of the molecule is NCC(CNC1CCCCC1)c1ccccc1. The predicted octanol–water partition coefficient (Wildman–Crippen LogP) is 2.65. The van der Waals surface area contributed by atoms with Gasteiger partial charge in [0.1, 0.15) is 0 Å². The molecule has 0 radical (unpaired) electrons. The molecule has 0 heterocycles. The number of hydrogen-bond acceptors (Lipinski definition) is 2. The van der Waals surface area contributed by atoms with Gasteiger partial charge in [0, 0.05) is 25.0 Å². The maximum absolute atomic E-state index is 5.88. The van der Waals surface area contributed by atoms with Crippen LogP contribution < -0.4 is 11.1 Å². The molecular formula is C15H24N2. The minimum atomic E-state index is 0.457. The predicted molar refractivity (Wildman–Crippen MR) is 73.1 cm³/mol. The lowest BCUT2D eigenvalue weighted by atomic mass is 9.94. The van der Waals surface area contributed by atoms with Gasteiger partial charge in [-0.25, -0.2) is 0 Å². The van der Waals surface area contributed by atoms with Crippen molar-refractivity contribution >= 4 is 0 Å². The third kappa shape index (κ3) is 3.83. The minimum absolute atomic E-state index is 0.457. The average molecular weight is 232 g/mol. The molecule has 0 aromatic heterocycles. The Labute approximate surface area is 105 Å². The summed E-state index contributed by atoms with van der Waals surface area (Å²) in [6.07, 6.45) is 6.86. The number of hydrogen-bond donors (Lipinski definition) is 2. The standard InChI is InChI=1S/C15H24N2/c16-11-14(13-7-3-1-4-8-13)12-17-15-9-5-2-6-10-15/h1,3-4,7-8,14-15,17H,2,5-6,9-12,16H2. The lowest BCUT2D eigenvalue weighted by molar-refractivity contribution is 0.365. The second-order valence-corrected chi connectivity index (χ2v) is 5.09. The van der Waals surface area contributed by atoms with Crippen molar-refractivity contribution in [1.29, 1.82) is 0 Å². The van der Waals surface area contributed by atoms with Crippen LogP contribution in [-0.2, 0) is 0 Å². The van der Waals surface area contributed by atoms with Crippen LogP contribution in [0.4, 0.5) is 0 Å². The smallest absolute Gasteiger partial charge is 0.00864 e. The Hall–Kier alpha value is -0.860. The third-order valence-electron chi connectivity index (χ3n) is 3.81. The average Bonchev–Trinajstić information content (AvgIpc) is 2.42. The van der Waals surface area contributed by atoms with Crippen molar-refractivity contribution in [3.63, 3.8) is 0 Å². The van der Waals surface area contributed by atoms with Gasteiger partial charge >= 0.3 is 0 Å². The van der Waals surface area contributed by atoms with E-state index in [9.17, 15) is 0 Å². The Morgan fingerprint density at radius 3 is 2.47 bits per heavy atom. The zero-order valence-electron chi connectivity index (χ0n) is 10.6. The highest BCUT2D eigenvalue weighted by Gasteiger charge is 2.15. The summed E-state index contributed by atoms with van der Waals surface area (Å²) < 4.78 is 0. The van der Waals surface area contributed by atoms with E-state index in [-0.39, 0.29) is 0 Å². The summed E-state index contributed by atoms with van der Waals surface area (Å²) in [7, 11) is 0. The molecule has 94 valence electrons. The summed E-state index contributed by atoms with van der Waals surface area (Å²) in [5.74, 6) is 0.457. The molecule has 2 rings (SSSR count). The van der Waals surface area contributed by atoms with E-state index in [1.54, 1.807) is 0 Å². The van der Waals surface area contributed by atoms with E-state index >= 15 is 0 Å². The van der Waals surface area contributed by atoms with Gasteiger partial charge < -0.3 is 11.1 Å². The van der Waals surface area contributed by atoms with Crippen LogP contribution >= 0.6 is 0 Å². The maximum atomic E-state index is 5.88. The second kappa shape index (κ2) is 6.77. The molecule has 0 spiro atoms. The normalized spacial score (nSPS) is 19.1. The van der Waals surface area contributed by atoms with Crippen LogP contribution in [0.3, 0.4) is 0 Å². The zero-order valence-corrected chi connectivity index (χ0v) is 10.6. The number of nitrogens with two attached hydrogens (primary N) is 1. The molecule has 2 nitrogen and oxygen atoms in total. The summed E-state index contributed by atoms with van der Waals surface area (Å²) in [5, 5.41) is 3.69. The van der Waals surface area contributed by atoms with E-state index in [2.05, 4.69) is 35.6 Å². The van der Waals surface area contributed by atoms with Crippen LogP contribution in [0.1, 0.15) is 43.6 Å². The van der Waals surface area contributed by atoms with E-state index in [1.165, 1.54) is 37.7 Å². The van der Waals surface area contributed by atoms with Crippen LogP contribution in [0, 0.1) is 0 Å². The first kappa shape index (κ1) is 12.6. The first-order valence-electron chi connectivity index (χ1n) is 6.88.